The van der Waals surface area contributed by atoms with Crippen molar-refractivity contribution >= 4 is 5.97 Å². The first-order chi connectivity index (χ1) is 6.16. The van der Waals surface area contributed by atoms with E-state index in [9.17, 15) is 9.90 Å². The number of rotatable bonds is 3. The molecule has 0 aliphatic rings. The molecule has 0 aromatic heterocycles. The van der Waals surface area contributed by atoms with E-state index in [2.05, 4.69) is 4.89 Å². The fourth-order valence-corrected chi connectivity index (χ4v) is 0.950. The molecule has 5 heteroatoms. The molecule has 0 atom stereocenters. The molecule has 0 fully saturated rings. The van der Waals surface area contributed by atoms with Gasteiger partial charge in [-0.1, -0.05) is 12.1 Å². The van der Waals surface area contributed by atoms with Gasteiger partial charge in [-0.3, -0.25) is 5.26 Å². The third-order valence-electron chi connectivity index (χ3n) is 1.57. The molecule has 1 aromatic carbocycles. The van der Waals surface area contributed by atoms with Crippen LogP contribution in [0.5, 0.6) is 5.75 Å². The molecule has 0 bridgehead atoms. The first kappa shape index (κ1) is 9.50. The standard InChI is InChI=1S/C8H8O5/c9-7-5(4-13-12)2-1-3-6(7)8(10)11/h1-3,9,12H,4H2,(H,10,11). The van der Waals surface area contributed by atoms with Gasteiger partial charge in [0.1, 0.15) is 17.9 Å². The highest BCUT2D eigenvalue weighted by molar-refractivity contribution is 5.91. The minimum atomic E-state index is -1.22. The summed E-state index contributed by atoms with van der Waals surface area (Å²) in [5.74, 6) is -1.61. The molecule has 0 unspecified atom stereocenters. The van der Waals surface area contributed by atoms with Crippen molar-refractivity contribution in [2.75, 3.05) is 0 Å². The maximum Gasteiger partial charge on any atom is 0.339 e. The van der Waals surface area contributed by atoms with E-state index in [4.69, 9.17) is 10.4 Å². The maximum atomic E-state index is 10.5. The summed E-state index contributed by atoms with van der Waals surface area (Å²) in [6.45, 7) is -0.243. The molecular weight excluding hydrogens is 176 g/mol. The van der Waals surface area contributed by atoms with Crippen LogP contribution in [0.3, 0.4) is 0 Å². The molecule has 0 saturated heterocycles. The lowest BCUT2D eigenvalue weighted by Crippen LogP contribution is -1.99. The second kappa shape index (κ2) is 3.88. The Balaban J connectivity index is 3.10. The lowest BCUT2D eigenvalue weighted by atomic mass is 10.1. The van der Waals surface area contributed by atoms with Crippen molar-refractivity contribution in [3.63, 3.8) is 0 Å². The van der Waals surface area contributed by atoms with Crippen molar-refractivity contribution in [2.45, 2.75) is 6.61 Å². The molecule has 0 heterocycles. The Hall–Kier alpha value is -1.59. The predicted octanol–water partition coefficient (Wildman–Crippen LogP) is 1.08. The Bertz CT molecular complexity index is 320. The van der Waals surface area contributed by atoms with Crippen molar-refractivity contribution < 1.29 is 25.2 Å². The van der Waals surface area contributed by atoms with Crippen LogP contribution in [0.1, 0.15) is 15.9 Å². The van der Waals surface area contributed by atoms with Crippen molar-refractivity contribution in [3.05, 3.63) is 29.3 Å². The summed E-state index contributed by atoms with van der Waals surface area (Å²) in [5, 5.41) is 26.0. The van der Waals surface area contributed by atoms with E-state index < -0.39 is 5.97 Å². The van der Waals surface area contributed by atoms with Gasteiger partial charge in [-0.25, -0.2) is 9.68 Å². The molecule has 0 aliphatic carbocycles. The lowest BCUT2D eigenvalue weighted by molar-refractivity contribution is -0.253. The molecule has 0 amide bonds. The van der Waals surface area contributed by atoms with Gasteiger partial charge in [0.15, 0.2) is 0 Å². The predicted molar refractivity (Wildman–Crippen MR) is 42.5 cm³/mol. The number of para-hydroxylation sites is 1. The molecule has 0 aliphatic heterocycles. The number of carbonyl (C=O) groups is 1. The molecule has 1 rings (SSSR count). The third-order valence-corrected chi connectivity index (χ3v) is 1.57. The minimum absolute atomic E-state index is 0.213. The highest BCUT2D eigenvalue weighted by Crippen LogP contribution is 2.22. The van der Waals surface area contributed by atoms with Crippen LogP contribution in [-0.2, 0) is 11.5 Å². The molecule has 0 saturated carbocycles. The van der Waals surface area contributed by atoms with Crippen LogP contribution in [0.15, 0.2) is 18.2 Å². The average molecular weight is 184 g/mol. The van der Waals surface area contributed by atoms with Crippen LogP contribution in [-0.4, -0.2) is 21.4 Å². The van der Waals surface area contributed by atoms with Gasteiger partial charge >= 0.3 is 5.97 Å². The van der Waals surface area contributed by atoms with Gasteiger partial charge in [0.25, 0.3) is 0 Å². The molecule has 0 spiro atoms. The summed E-state index contributed by atoms with van der Waals surface area (Å²) < 4.78 is 0. The van der Waals surface area contributed by atoms with Crippen molar-refractivity contribution in [3.8, 4) is 5.75 Å². The van der Waals surface area contributed by atoms with Gasteiger partial charge in [-0.2, -0.15) is 0 Å². The minimum Gasteiger partial charge on any atom is -0.507 e. The topological polar surface area (TPSA) is 87.0 Å². The molecule has 70 valence electrons. The largest absolute Gasteiger partial charge is 0.507 e. The Morgan fingerprint density at radius 3 is 2.69 bits per heavy atom. The van der Waals surface area contributed by atoms with E-state index >= 15 is 0 Å². The zero-order valence-electron chi connectivity index (χ0n) is 6.60. The second-order valence-electron chi connectivity index (χ2n) is 2.39. The van der Waals surface area contributed by atoms with Crippen LogP contribution in [0, 0.1) is 0 Å². The highest BCUT2D eigenvalue weighted by Gasteiger charge is 2.12. The van der Waals surface area contributed by atoms with E-state index in [1.54, 1.807) is 0 Å². The van der Waals surface area contributed by atoms with Crippen molar-refractivity contribution in [1.82, 2.24) is 0 Å². The summed E-state index contributed by atoms with van der Waals surface area (Å²) in [5.41, 5.74) is 0.0111. The fourth-order valence-electron chi connectivity index (χ4n) is 0.950. The first-order valence-corrected chi connectivity index (χ1v) is 3.47. The number of phenols is 1. The highest BCUT2D eigenvalue weighted by atomic mass is 17.1. The van der Waals surface area contributed by atoms with Crippen LogP contribution in [0.4, 0.5) is 0 Å². The molecule has 13 heavy (non-hydrogen) atoms. The van der Waals surface area contributed by atoms with Gasteiger partial charge in [-0.15, -0.1) is 0 Å². The summed E-state index contributed by atoms with van der Waals surface area (Å²) in [4.78, 5) is 14.3. The quantitative estimate of drug-likeness (QED) is 0.483. The lowest BCUT2D eigenvalue weighted by Gasteiger charge is -2.04. The van der Waals surface area contributed by atoms with E-state index in [-0.39, 0.29) is 23.5 Å². The maximum absolute atomic E-state index is 10.5. The molecule has 3 N–H and O–H groups in total. The van der Waals surface area contributed by atoms with E-state index in [0.29, 0.717) is 0 Å². The average Bonchev–Trinajstić information content (AvgIpc) is 2.08. The van der Waals surface area contributed by atoms with Gasteiger partial charge in [0.2, 0.25) is 0 Å². The first-order valence-electron chi connectivity index (χ1n) is 3.47. The number of aromatic hydroxyl groups is 1. The number of carboxylic acids is 1. The van der Waals surface area contributed by atoms with Gasteiger partial charge in [0.05, 0.1) is 0 Å². The van der Waals surface area contributed by atoms with Crippen LogP contribution in [0.25, 0.3) is 0 Å². The zero-order chi connectivity index (χ0) is 9.84. The van der Waals surface area contributed by atoms with Gasteiger partial charge in [-0.05, 0) is 6.07 Å². The number of benzene rings is 1. The van der Waals surface area contributed by atoms with Crippen molar-refractivity contribution in [2.24, 2.45) is 0 Å². The summed E-state index contributed by atoms with van der Waals surface area (Å²) in [6, 6.07) is 4.17. The Kier molecular flexibility index (Phi) is 2.84. The Morgan fingerprint density at radius 2 is 2.15 bits per heavy atom. The number of hydrogen-bond acceptors (Lipinski definition) is 4. The second-order valence-corrected chi connectivity index (χ2v) is 2.39. The number of aromatic carboxylic acids is 1. The summed E-state index contributed by atoms with van der Waals surface area (Å²) in [6.07, 6.45) is 0. The molecule has 5 nitrogen and oxygen atoms in total. The third kappa shape index (κ3) is 1.95. The number of carboxylic acid groups (broad SMARTS) is 1. The SMILES string of the molecule is O=C(O)c1cccc(COO)c1O. The van der Waals surface area contributed by atoms with E-state index in [0.717, 1.165) is 0 Å². The monoisotopic (exact) mass is 184 g/mol. The molecule has 0 radical (unpaired) electrons. The van der Waals surface area contributed by atoms with Gasteiger partial charge in [0, 0.05) is 5.56 Å². The summed E-state index contributed by atoms with van der Waals surface area (Å²) in [7, 11) is 0. The van der Waals surface area contributed by atoms with Crippen LogP contribution >= 0.6 is 0 Å². The fraction of sp³-hybridized carbons (Fsp3) is 0.125. The molecular formula is C8H8O5. The van der Waals surface area contributed by atoms with Crippen LogP contribution in [0.2, 0.25) is 0 Å². The number of hydrogen-bond donors (Lipinski definition) is 3. The zero-order valence-corrected chi connectivity index (χ0v) is 6.60. The normalized spacial score (nSPS) is 9.92. The van der Waals surface area contributed by atoms with E-state index in [1.807, 2.05) is 0 Å². The summed E-state index contributed by atoms with van der Waals surface area (Å²) >= 11 is 0. The molecule has 1 aromatic rings. The van der Waals surface area contributed by atoms with E-state index in [1.165, 1.54) is 18.2 Å². The smallest absolute Gasteiger partial charge is 0.339 e. The van der Waals surface area contributed by atoms with Gasteiger partial charge < -0.3 is 10.2 Å². The Labute approximate surface area is 73.7 Å². The van der Waals surface area contributed by atoms with Crippen LogP contribution < -0.4 is 0 Å². The Morgan fingerprint density at radius 1 is 1.46 bits per heavy atom. The van der Waals surface area contributed by atoms with Crippen molar-refractivity contribution in [1.29, 1.82) is 0 Å².